The first-order valence-electron chi connectivity index (χ1n) is 6.82. The molecule has 16 heavy (non-hydrogen) atoms. The summed E-state index contributed by atoms with van der Waals surface area (Å²) < 4.78 is 5.96. The van der Waals surface area contributed by atoms with Crippen molar-refractivity contribution in [1.29, 1.82) is 0 Å². The summed E-state index contributed by atoms with van der Waals surface area (Å²) in [5, 5.41) is 13.5. The lowest BCUT2D eigenvalue weighted by atomic mass is 9.67. The molecule has 3 nitrogen and oxygen atoms in total. The number of piperidine rings is 1. The fourth-order valence-electron chi connectivity index (χ4n) is 3.70. The Morgan fingerprint density at radius 2 is 2.12 bits per heavy atom. The third-order valence-corrected chi connectivity index (χ3v) is 4.89. The monoisotopic (exact) mass is 225 g/mol. The number of ether oxygens (including phenoxy) is 1. The van der Waals surface area contributed by atoms with Gasteiger partial charge in [0.1, 0.15) is 0 Å². The largest absolute Gasteiger partial charge is 0.393 e. The second kappa shape index (κ2) is 4.28. The topological polar surface area (TPSA) is 41.5 Å². The van der Waals surface area contributed by atoms with Crippen molar-refractivity contribution in [3.8, 4) is 0 Å². The van der Waals surface area contributed by atoms with E-state index in [0.717, 1.165) is 32.5 Å². The summed E-state index contributed by atoms with van der Waals surface area (Å²) in [5.74, 6) is 1.15. The third-order valence-electron chi connectivity index (χ3n) is 4.89. The van der Waals surface area contributed by atoms with Gasteiger partial charge >= 0.3 is 0 Å². The highest BCUT2D eigenvalue weighted by Crippen LogP contribution is 2.46. The summed E-state index contributed by atoms with van der Waals surface area (Å²) >= 11 is 0. The maximum Gasteiger partial charge on any atom is 0.0685 e. The lowest BCUT2D eigenvalue weighted by Gasteiger charge is -2.50. The van der Waals surface area contributed by atoms with Gasteiger partial charge in [-0.25, -0.2) is 0 Å². The van der Waals surface area contributed by atoms with Crippen molar-refractivity contribution in [3.63, 3.8) is 0 Å². The van der Waals surface area contributed by atoms with Crippen LogP contribution in [0.25, 0.3) is 0 Å². The van der Waals surface area contributed by atoms with Gasteiger partial charge in [-0.1, -0.05) is 0 Å². The first-order chi connectivity index (χ1) is 7.79. The Morgan fingerprint density at radius 1 is 1.25 bits per heavy atom. The molecule has 0 aromatic carbocycles. The summed E-state index contributed by atoms with van der Waals surface area (Å²) in [6.45, 7) is 2.89. The van der Waals surface area contributed by atoms with E-state index in [1.165, 1.54) is 25.7 Å². The quantitative estimate of drug-likeness (QED) is 0.707. The van der Waals surface area contributed by atoms with Gasteiger partial charge in [-0.3, -0.25) is 0 Å². The first-order valence-corrected chi connectivity index (χ1v) is 6.82. The predicted molar refractivity (Wildman–Crippen MR) is 62.2 cm³/mol. The molecule has 1 spiro atoms. The van der Waals surface area contributed by atoms with E-state index in [0.29, 0.717) is 11.8 Å². The summed E-state index contributed by atoms with van der Waals surface area (Å²) in [6.07, 6.45) is 7.01. The molecule has 1 aliphatic carbocycles. The number of aliphatic hydroxyl groups is 1. The molecular formula is C13H23NO2. The van der Waals surface area contributed by atoms with Gasteiger partial charge in [-0.05, 0) is 51.0 Å². The molecule has 1 saturated carbocycles. The van der Waals surface area contributed by atoms with Gasteiger partial charge in [-0.2, -0.15) is 0 Å². The second-order valence-electron chi connectivity index (χ2n) is 5.86. The maximum absolute atomic E-state index is 10.1. The van der Waals surface area contributed by atoms with E-state index in [1.807, 2.05) is 0 Å². The smallest absolute Gasteiger partial charge is 0.0685 e. The van der Waals surface area contributed by atoms with E-state index < -0.39 is 0 Å². The highest BCUT2D eigenvalue weighted by atomic mass is 16.5. The fraction of sp³-hybridized carbons (Fsp3) is 1.00. The number of hydrogen-bond donors (Lipinski definition) is 2. The molecule has 3 fully saturated rings. The summed E-state index contributed by atoms with van der Waals surface area (Å²) in [6, 6.07) is 0. The molecule has 0 amide bonds. The Kier molecular flexibility index (Phi) is 2.94. The molecule has 3 rings (SSSR count). The molecule has 3 heteroatoms. The van der Waals surface area contributed by atoms with Crippen molar-refractivity contribution in [2.45, 2.75) is 50.2 Å². The van der Waals surface area contributed by atoms with Crippen LogP contribution in [0.15, 0.2) is 0 Å². The van der Waals surface area contributed by atoms with Crippen molar-refractivity contribution < 1.29 is 9.84 Å². The zero-order valence-corrected chi connectivity index (χ0v) is 9.95. The van der Waals surface area contributed by atoms with Crippen LogP contribution in [0, 0.1) is 11.8 Å². The lowest BCUT2D eigenvalue weighted by Crippen LogP contribution is -2.51. The average Bonchev–Trinajstić information content (AvgIpc) is 2.28. The Morgan fingerprint density at radius 3 is 2.81 bits per heavy atom. The molecule has 0 radical (unpaired) electrons. The van der Waals surface area contributed by atoms with Crippen molar-refractivity contribution in [2.75, 3.05) is 19.7 Å². The zero-order chi connectivity index (χ0) is 11.0. The summed E-state index contributed by atoms with van der Waals surface area (Å²) in [7, 11) is 0. The van der Waals surface area contributed by atoms with Crippen LogP contribution >= 0.6 is 0 Å². The molecule has 92 valence electrons. The van der Waals surface area contributed by atoms with Gasteiger partial charge < -0.3 is 15.2 Å². The van der Waals surface area contributed by atoms with Gasteiger partial charge in [0, 0.05) is 19.1 Å². The van der Waals surface area contributed by atoms with E-state index in [4.69, 9.17) is 4.74 Å². The zero-order valence-electron chi connectivity index (χ0n) is 9.95. The van der Waals surface area contributed by atoms with Gasteiger partial charge in [0.15, 0.2) is 0 Å². The number of aliphatic hydroxyl groups excluding tert-OH is 1. The molecule has 2 N–H and O–H groups in total. The van der Waals surface area contributed by atoms with E-state index in [-0.39, 0.29) is 11.7 Å². The van der Waals surface area contributed by atoms with Crippen LogP contribution in [-0.2, 0) is 4.74 Å². The minimum absolute atomic E-state index is 0.0820. The number of hydrogen-bond acceptors (Lipinski definition) is 3. The summed E-state index contributed by atoms with van der Waals surface area (Å²) in [4.78, 5) is 0. The molecule has 0 bridgehead atoms. The molecular weight excluding hydrogens is 202 g/mol. The Balaban J connectivity index is 1.64. The number of rotatable bonds is 1. The van der Waals surface area contributed by atoms with Crippen molar-refractivity contribution >= 4 is 0 Å². The van der Waals surface area contributed by atoms with E-state index in [1.54, 1.807) is 0 Å². The highest BCUT2D eigenvalue weighted by molar-refractivity contribution is 4.97. The Labute approximate surface area is 97.6 Å². The molecule has 3 aliphatic rings. The third kappa shape index (κ3) is 1.89. The first kappa shape index (κ1) is 11.0. The van der Waals surface area contributed by atoms with E-state index in [2.05, 4.69) is 5.32 Å². The highest BCUT2D eigenvalue weighted by Gasteiger charge is 2.45. The Bertz CT molecular complexity index is 252. The molecule has 3 atom stereocenters. The normalized spacial score (nSPS) is 42.9. The van der Waals surface area contributed by atoms with Crippen LogP contribution in [0.2, 0.25) is 0 Å². The van der Waals surface area contributed by atoms with Gasteiger partial charge in [0.25, 0.3) is 0 Å². The lowest BCUT2D eigenvalue weighted by molar-refractivity contribution is -0.156. The van der Waals surface area contributed by atoms with Crippen LogP contribution in [0.4, 0.5) is 0 Å². The second-order valence-corrected chi connectivity index (χ2v) is 5.86. The molecule has 0 aromatic heterocycles. The molecule has 3 unspecified atom stereocenters. The Hall–Kier alpha value is -0.120. The predicted octanol–water partition coefficient (Wildman–Crippen LogP) is 1.31. The SMILES string of the molecule is OC1CCNCC1C1CCOC2(CCC2)C1. The van der Waals surface area contributed by atoms with Gasteiger partial charge in [0.2, 0.25) is 0 Å². The standard InChI is InChI=1S/C13H23NO2/c15-12-2-6-14-9-11(12)10-3-7-16-13(8-10)4-1-5-13/h10-12,14-15H,1-9H2. The van der Waals surface area contributed by atoms with E-state index >= 15 is 0 Å². The molecule has 2 aliphatic heterocycles. The van der Waals surface area contributed by atoms with Crippen LogP contribution in [0.5, 0.6) is 0 Å². The van der Waals surface area contributed by atoms with Crippen LogP contribution in [-0.4, -0.2) is 36.5 Å². The van der Waals surface area contributed by atoms with Gasteiger partial charge in [-0.15, -0.1) is 0 Å². The van der Waals surface area contributed by atoms with E-state index in [9.17, 15) is 5.11 Å². The molecule has 0 aromatic rings. The minimum Gasteiger partial charge on any atom is -0.393 e. The van der Waals surface area contributed by atoms with Crippen LogP contribution < -0.4 is 5.32 Å². The van der Waals surface area contributed by atoms with Crippen LogP contribution in [0.1, 0.15) is 38.5 Å². The van der Waals surface area contributed by atoms with Crippen molar-refractivity contribution in [2.24, 2.45) is 11.8 Å². The minimum atomic E-state index is -0.0820. The average molecular weight is 225 g/mol. The van der Waals surface area contributed by atoms with Crippen LogP contribution in [0.3, 0.4) is 0 Å². The molecule has 2 saturated heterocycles. The summed E-state index contributed by atoms with van der Waals surface area (Å²) in [5.41, 5.74) is 0.222. The fourth-order valence-corrected chi connectivity index (χ4v) is 3.70. The molecule has 2 heterocycles. The van der Waals surface area contributed by atoms with Crippen molar-refractivity contribution in [1.82, 2.24) is 5.32 Å². The van der Waals surface area contributed by atoms with Gasteiger partial charge in [0.05, 0.1) is 11.7 Å². The maximum atomic E-state index is 10.1. The van der Waals surface area contributed by atoms with Crippen molar-refractivity contribution in [3.05, 3.63) is 0 Å². The number of nitrogens with one attached hydrogen (secondary N) is 1.